The Bertz CT molecular complexity index is 244. The molecule has 0 aromatic heterocycles. The van der Waals surface area contributed by atoms with Crippen LogP contribution in [0.5, 0.6) is 0 Å². The normalized spacial score (nSPS) is 12.3. The molecule has 0 aromatic carbocycles. The molecule has 0 aliphatic carbocycles. The molecule has 0 saturated carbocycles. The highest BCUT2D eigenvalue weighted by Crippen LogP contribution is 2.12. The van der Waals surface area contributed by atoms with Gasteiger partial charge in [-0.3, -0.25) is 4.79 Å². The van der Waals surface area contributed by atoms with Gasteiger partial charge in [-0.2, -0.15) is 0 Å². The van der Waals surface area contributed by atoms with Crippen LogP contribution in [0.25, 0.3) is 0 Å². The van der Waals surface area contributed by atoms with Crippen molar-refractivity contribution >= 4 is 5.91 Å². The number of aliphatic hydroxyl groups is 1. The lowest BCUT2D eigenvalue weighted by atomic mass is 10.0. The molecule has 0 aromatic rings. The van der Waals surface area contributed by atoms with Crippen molar-refractivity contribution in [1.82, 2.24) is 5.32 Å². The average Bonchev–Trinajstić information content (AvgIpc) is 2.51. The highest BCUT2D eigenvalue weighted by Gasteiger charge is 2.05. The molecule has 1 amide bonds. The minimum Gasteiger partial charge on any atom is -0.394 e. The van der Waals surface area contributed by atoms with Gasteiger partial charge in [-0.15, -0.1) is 0 Å². The van der Waals surface area contributed by atoms with Gasteiger partial charge in [0.25, 0.3) is 0 Å². The Balaban J connectivity index is 3.12. The summed E-state index contributed by atoms with van der Waals surface area (Å²) in [4.78, 5) is 11.5. The first-order chi connectivity index (χ1) is 10.7. The highest BCUT2D eigenvalue weighted by molar-refractivity contribution is 5.76. The molecule has 1 atom stereocenters. The van der Waals surface area contributed by atoms with Gasteiger partial charge in [0.1, 0.15) is 0 Å². The first-order valence-corrected chi connectivity index (χ1v) is 9.61. The molecule has 1 unspecified atom stereocenters. The first-order valence-electron chi connectivity index (χ1n) is 9.61. The number of carbonyl (C=O) groups is 1. The fraction of sp³-hybridized carbons (Fsp3) is 0.947. The molecule has 0 saturated heterocycles. The van der Waals surface area contributed by atoms with E-state index in [0.717, 1.165) is 12.8 Å². The van der Waals surface area contributed by atoms with Gasteiger partial charge in [0.2, 0.25) is 5.91 Å². The maximum absolute atomic E-state index is 11.5. The van der Waals surface area contributed by atoms with Crippen molar-refractivity contribution in [3.8, 4) is 0 Å². The number of hydrogen-bond donors (Lipinski definition) is 2. The summed E-state index contributed by atoms with van der Waals surface area (Å²) in [5.74, 6) is 0.0737. The van der Waals surface area contributed by atoms with Crippen LogP contribution in [-0.2, 0) is 4.79 Å². The highest BCUT2D eigenvalue weighted by atomic mass is 16.3. The van der Waals surface area contributed by atoms with E-state index in [1.54, 1.807) is 0 Å². The van der Waals surface area contributed by atoms with Gasteiger partial charge in [0, 0.05) is 12.5 Å². The second kappa shape index (κ2) is 16.8. The van der Waals surface area contributed by atoms with Crippen molar-refractivity contribution < 1.29 is 9.90 Å². The van der Waals surface area contributed by atoms with Crippen molar-refractivity contribution in [2.75, 3.05) is 6.61 Å². The molecular formula is C19H39NO2. The zero-order chi connectivity index (χ0) is 16.5. The molecule has 0 fully saturated rings. The van der Waals surface area contributed by atoms with Crippen LogP contribution in [0.2, 0.25) is 0 Å². The van der Waals surface area contributed by atoms with E-state index in [2.05, 4.69) is 12.2 Å². The van der Waals surface area contributed by atoms with Crippen LogP contribution in [0, 0.1) is 0 Å². The number of nitrogens with one attached hydrogen (secondary N) is 1. The topological polar surface area (TPSA) is 49.3 Å². The minimum atomic E-state index is -0.116. The predicted molar refractivity (Wildman–Crippen MR) is 95.0 cm³/mol. The summed E-state index contributed by atoms with van der Waals surface area (Å²) in [5, 5.41) is 11.6. The molecule has 0 aliphatic rings. The van der Waals surface area contributed by atoms with E-state index < -0.39 is 0 Å². The molecule has 0 radical (unpaired) electrons. The average molecular weight is 314 g/mol. The van der Waals surface area contributed by atoms with Crippen LogP contribution in [0.3, 0.4) is 0 Å². The van der Waals surface area contributed by atoms with Crippen LogP contribution in [0.15, 0.2) is 0 Å². The zero-order valence-corrected chi connectivity index (χ0v) is 15.0. The van der Waals surface area contributed by atoms with Crippen LogP contribution in [-0.4, -0.2) is 23.7 Å². The van der Waals surface area contributed by atoms with E-state index in [0.29, 0.717) is 6.42 Å². The van der Waals surface area contributed by atoms with Crippen LogP contribution >= 0.6 is 0 Å². The van der Waals surface area contributed by atoms with Gasteiger partial charge in [0.15, 0.2) is 0 Å². The Morgan fingerprint density at radius 3 is 1.64 bits per heavy atom. The van der Waals surface area contributed by atoms with Crippen molar-refractivity contribution in [2.24, 2.45) is 0 Å². The predicted octanol–water partition coefficient (Wildman–Crippen LogP) is 4.96. The molecule has 2 N–H and O–H groups in total. The quantitative estimate of drug-likeness (QED) is 0.395. The maximum Gasteiger partial charge on any atom is 0.220 e. The molecule has 132 valence electrons. The smallest absolute Gasteiger partial charge is 0.220 e. The Kier molecular flexibility index (Phi) is 16.4. The number of carbonyl (C=O) groups excluding carboxylic acids is 1. The number of amides is 1. The first kappa shape index (κ1) is 21.4. The lowest BCUT2D eigenvalue weighted by Crippen LogP contribution is -2.34. The van der Waals surface area contributed by atoms with E-state index in [-0.39, 0.29) is 18.6 Å². The minimum absolute atomic E-state index is 0.0182. The molecule has 0 aliphatic heterocycles. The molecule has 0 bridgehead atoms. The Morgan fingerprint density at radius 1 is 0.818 bits per heavy atom. The molecular weight excluding hydrogens is 274 g/mol. The lowest BCUT2D eigenvalue weighted by molar-refractivity contribution is -0.122. The second-order valence-corrected chi connectivity index (χ2v) is 6.64. The number of rotatable bonds is 16. The molecule has 3 nitrogen and oxygen atoms in total. The SMILES string of the molecule is CCCCCCCCCCCCCCCC(=O)NC(C)CO. The third kappa shape index (κ3) is 15.8. The van der Waals surface area contributed by atoms with Gasteiger partial charge < -0.3 is 10.4 Å². The summed E-state index contributed by atoms with van der Waals surface area (Å²) >= 11 is 0. The number of hydrogen-bond acceptors (Lipinski definition) is 2. The fourth-order valence-electron chi connectivity index (χ4n) is 2.70. The molecule has 3 heteroatoms. The Morgan fingerprint density at radius 2 is 1.23 bits per heavy atom. The van der Waals surface area contributed by atoms with Gasteiger partial charge in [-0.05, 0) is 13.3 Å². The Hall–Kier alpha value is -0.570. The van der Waals surface area contributed by atoms with E-state index in [1.807, 2.05) is 6.92 Å². The fourth-order valence-corrected chi connectivity index (χ4v) is 2.70. The van der Waals surface area contributed by atoms with E-state index in [9.17, 15) is 4.79 Å². The third-order valence-corrected chi connectivity index (χ3v) is 4.19. The number of unbranched alkanes of at least 4 members (excludes halogenated alkanes) is 12. The van der Waals surface area contributed by atoms with Crippen molar-refractivity contribution in [1.29, 1.82) is 0 Å². The van der Waals surface area contributed by atoms with Crippen LogP contribution < -0.4 is 5.32 Å². The van der Waals surface area contributed by atoms with Gasteiger partial charge in [0.05, 0.1) is 6.61 Å². The summed E-state index contributed by atoms with van der Waals surface area (Å²) in [6.07, 6.45) is 17.8. The largest absolute Gasteiger partial charge is 0.394 e. The van der Waals surface area contributed by atoms with E-state index in [1.165, 1.54) is 70.6 Å². The molecule has 22 heavy (non-hydrogen) atoms. The number of aliphatic hydroxyl groups excluding tert-OH is 1. The van der Waals surface area contributed by atoms with Crippen molar-refractivity contribution in [3.63, 3.8) is 0 Å². The Labute approximate surface area is 138 Å². The van der Waals surface area contributed by atoms with Crippen molar-refractivity contribution in [2.45, 2.75) is 110 Å². The summed E-state index contributed by atoms with van der Waals surface area (Å²) < 4.78 is 0. The summed E-state index contributed by atoms with van der Waals surface area (Å²) in [7, 11) is 0. The van der Waals surface area contributed by atoms with Gasteiger partial charge in [-0.25, -0.2) is 0 Å². The molecule has 0 spiro atoms. The third-order valence-electron chi connectivity index (χ3n) is 4.19. The maximum atomic E-state index is 11.5. The van der Waals surface area contributed by atoms with E-state index in [4.69, 9.17) is 5.11 Å². The monoisotopic (exact) mass is 313 g/mol. The summed E-state index contributed by atoms with van der Waals surface area (Å²) in [6.45, 7) is 4.11. The van der Waals surface area contributed by atoms with E-state index >= 15 is 0 Å². The zero-order valence-electron chi connectivity index (χ0n) is 15.0. The lowest BCUT2D eigenvalue weighted by Gasteiger charge is -2.10. The van der Waals surface area contributed by atoms with Crippen LogP contribution in [0.1, 0.15) is 104 Å². The second-order valence-electron chi connectivity index (χ2n) is 6.64. The van der Waals surface area contributed by atoms with Crippen molar-refractivity contribution in [3.05, 3.63) is 0 Å². The summed E-state index contributed by atoms with van der Waals surface area (Å²) in [6, 6.07) is -0.116. The molecule has 0 heterocycles. The van der Waals surface area contributed by atoms with Gasteiger partial charge in [-0.1, -0.05) is 84.0 Å². The summed E-state index contributed by atoms with van der Waals surface area (Å²) in [5.41, 5.74) is 0. The standard InChI is InChI=1S/C19H39NO2/c1-3-4-5-6-7-8-9-10-11-12-13-14-15-16-19(22)20-18(2)17-21/h18,21H,3-17H2,1-2H3,(H,20,22). The molecule has 0 rings (SSSR count). The van der Waals surface area contributed by atoms with Crippen LogP contribution in [0.4, 0.5) is 0 Å². The van der Waals surface area contributed by atoms with Gasteiger partial charge >= 0.3 is 0 Å².